The first-order chi connectivity index (χ1) is 45.2. The zero-order chi connectivity index (χ0) is 69.6. The van der Waals surface area contributed by atoms with Crippen LogP contribution in [0.1, 0.15) is 376 Å². The Hall–Kier alpha value is -1.94. The minimum atomic E-state index is -4.96. The van der Waals surface area contributed by atoms with Gasteiger partial charge in [-0.25, -0.2) is 9.13 Å². The summed E-state index contributed by atoms with van der Waals surface area (Å²) < 4.78 is 68.4. The predicted molar refractivity (Wildman–Crippen MR) is 381 cm³/mol. The van der Waals surface area contributed by atoms with Crippen LogP contribution in [-0.2, 0) is 65.4 Å². The maximum Gasteiger partial charge on any atom is 0.472 e. The Balaban J connectivity index is 5.17. The number of hydrogen-bond acceptors (Lipinski definition) is 15. The second-order valence-corrected chi connectivity index (χ2v) is 31.4. The molecule has 3 N–H and O–H groups in total. The number of aliphatic hydroxyl groups is 1. The maximum absolute atomic E-state index is 13.1. The molecule has 19 heteroatoms. The maximum atomic E-state index is 13.1. The minimum Gasteiger partial charge on any atom is -0.462 e. The molecule has 17 nitrogen and oxygen atoms in total. The first-order valence-electron chi connectivity index (χ1n) is 38.8. The van der Waals surface area contributed by atoms with E-state index in [9.17, 15) is 43.2 Å². The Kier molecular flexibility index (Phi) is 63.1. The third-order valence-electron chi connectivity index (χ3n) is 18.0. The van der Waals surface area contributed by atoms with Crippen molar-refractivity contribution in [3.05, 3.63) is 0 Å². The molecule has 558 valence electrons. The highest BCUT2D eigenvalue weighted by Gasteiger charge is 2.30. The van der Waals surface area contributed by atoms with Gasteiger partial charge in [-0.05, 0) is 49.4 Å². The van der Waals surface area contributed by atoms with Crippen molar-refractivity contribution >= 4 is 39.5 Å². The molecule has 0 aromatic heterocycles. The van der Waals surface area contributed by atoms with Gasteiger partial charge in [0.05, 0.1) is 26.4 Å². The average Bonchev–Trinajstić information content (AvgIpc) is 1.81. The van der Waals surface area contributed by atoms with E-state index in [2.05, 4.69) is 55.4 Å². The number of aliphatic hydroxyl groups excluding tert-OH is 1. The fourth-order valence-corrected chi connectivity index (χ4v) is 12.9. The topological polar surface area (TPSA) is 237 Å². The van der Waals surface area contributed by atoms with Crippen LogP contribution in [0.15, 0.2) is 0 Å². The standard InChI is InChI=1S/C75H146O17P2/c1-9-67(7)53-45-37-28-24-21-22-26-30-42-50-58-75(80)91-70(61-85-72(77)55-47-39-33-31-36-44-52-66(5)6)63-89-93(81,82)87-59-69(76)60-88-94(83,84)90-64-71(62-86-73(78)56-48-40-34-32-38-46-54-68(8)10-2)92-74(79)57-49-41-29-25-20-18-16-14-12-11-13-15-17-19-23-27-35-43-51-65(3)4/h65-71,76H,9-64H2,1-8H3,(H,81,82)(H,83,84)/t67?,68?,69-,70+,71+/m0/s1. The molecular weight excluding hydrogens is 1230 g/mol. The quantitative estimate of drug-likeness (QED) is 0.0222. The predicted octanol–water partition coefficient (Wildman–Crippen LogP) is 21.7. The fourth-order valence-electron chi connectivity index (χ4n) is 11.3. The lowest BCUT2D eigenvalue weighted by Crippen LogP contribution is -2.30. The van der Waals surface area contributed by atoms with Crippen LogP contribution >= 0.6 is 15.6 Å². The van der Waals surface area contributed by atoms with E-state index in [4.69, 9.17) is 37.0 Å². The molecule has 0 aromatic rings. The van der Waals surface area contributed by atoms with E-state index >= 15 is 0 Å². The number of phosphoric ester groups is 2. The Morgan fingerprint density at radius 3 is 0.755 bits per heavy atom. The highest BCUT2D eigenvalue weighted by atomic mass is 31.2. The van der Waals surface area contributed by atoms with Crippen molar-refractivity contribution in [1.82, 2.24) is 0 Å². The van der Waals surface area contributed by atoms with Crippen LogP contribution in [0.3, 0.4) is 0 Å². The molecule has 4 unspecified atom stereocenters. The summed E-state index contributed by atoms with van der Waals surface area (Å²) in [4.78, 5) is 72.7. The van der Waals surface area contributed by atoms with Crippen molar-refractivity contribution < 1.29 is 80.2 Å². The zero-order valence-electron chi connectivity index (χ0n) is 61.6. The fraction of sp³-hybridized carbons (Fsp3) is 0.947. The van der Waals surface area contributed by atoms with Crippen LogP contribution < -0.4 is 0 Å². The Morgan fingerprint density at radius 2 is 0.511 bits per heavy atom. The van der Waals surface area contributed by atoms with Crippen LogP contribution in [0.25, 0.3) is 0 Å². The lowest BCUT2D eigenvalue weighted by Gasteiger charge is -2.21. The van der Waals surface area contributed by atoms with E-state index in [0.717, 1.165) is 120 Å². The van der Waals surface area contributed by atoms with Gasteiger partial charge in [0, 0.05) is 25.7 Å². The van der Waals surface area contributed by atoms with Crippen molar-refractivity contribution in [1.29, 1.82) is 0 Å². The summed E-state index contributed by atoms with van der Waals surface area (Å²) in [6.45, 7) is 14.1. The van der Waals surface area contributed by atoms with E-state index in [0.29, 0.717) is 31.6 Å². The lowest BCUT2D eigenvalue weighted by molar-refractivity contribution is -0.161. The summed E-state index contributed by atoms with van der Waals surface area (Å²) in [7, 11) is -9.91. The highest BCUT2D eigenvalue weighted by Crippen LogP contribution is 2.45. The minimum absolute atomic E-state index is 0.105. The Labute approximate surface area is 575 Å². The summed E-state index contributed by atoms with van der Waals surface area (Å²) >= 11 is 0. The van der Waals surface area contributed by atoms with E-state index in [1.54, 1.807) is 0 Å². The van der Waals surface area contributed by atoms with Crippen molar-refractivity contribution in [2.24, 2.45) is 23.7 Å². The molecule has 0 heterocycles. The number of unbranched alkanes of at least 4 members (excludes halogenated alkanes) is 36. The number of carbonyl (C=O) groups excluding carboxylic acids is 4. The largest absolute Gasteiger partial charge is 0.472 e. The van der Waals surface area contributed by atoms with Gasteiger partial charge in [-0.1, -0.05) is 325 Å². The summed E-state index contributed by atoms with van der Waals surface area (Å²) in [6.07, 6.45) is 48.8. The van der Waals surface area contributed by atoms with Gasteiger partial charge in [0.15, 0.2) is 12.2 Å². The van der Waals surface area contributed by atoms with Crippen molar-refractivity contribution in [3.63, 3.8) is 0 Å². The first-order valence-corrected chi connectivity index (χ1v) is 41.8. The molecule has 0 saturated heterocycles. The van der Waals surface area contributed by atoms with Gasteiger partial charge in [0.1, 0.15) is 19.3 Å². The lowest BCUT2D eigenvalue weighted by atomic mass is 9.99. The molecule has 0 spiro atoms. The normalized spacial score (nSPS) is 14.7. The number of carbonyl (C=O) groups is 4. The second kappa shape index (κ2) is 64.4. The summed E-state index contributed by atoms with van der Waals surface area (Å²) in [6, 6.07) is 0. The van der Waals surface area contributed by atoms with Gasteiger partial charge in [0.2, 0.25) is 0 Å². The number of phosphoric acid groups is 2. The SMILES string of the molecule is CCC(C)CCCCCCCCCCCCC(=O)O[C@H](COC(=O)CCCCCCCCC(C)C)COP(=O)(O)OC[C@H](O)COP(=O)(O)OC[C@@H](COC(=O)CCCCCCCCC(C)CC)OC(=O)CCCCCCCCCCCCCCCCCCCCC(C)C. The molecule has 0 aliphatic carbocycles. The smallest absolute Gasteiger partial charge is 0.462 e. The number of hydrogen-bond donors (Lipinski definition) is 3. The van der Waals surface area contributed by atoms with Crippen LogP contribution in [0.2, 0.25) is 0 Å². The van der Waals surface area contributed by atoms with E-state index in [1.165, 1.54) is 167 Å². The number of rotatable bonds is 72. The molecular formula is C75H146O17P2. The highest BCUT2D eigenvalue weighted by molar-refractivity contribution is 7.47. The van der Waals surface area contributed by atoms with E-state index in [1.807, 2.05) is 0 Å². The second-order valence-electron chi connectivity index (χ2n) is 28.5. The number of esters is 4. The molecule has 0 amide bonds. The molecule has 0 rings (SSSR count). The first kappa shape index (κ1) is 92.1. The summed E-state index contributed by atoms with van der Waals surface area (Å²) in [5.41, 5.74) is 0. The molecule has 94 heavy (non-hydrogen) atoms. The average molecular weight is 1380 g/mol. The van der Waals surface area contributed by atoms with Gasteiger partial charge in [0.25, 0.3) is 0 Å². The van der Waals surface area contributed by atoms with Gasteiger partial charge < -0.3 is 33.8 Å². The monoisotopic (exact) mass is 1380 g/mol. The van der Waals surface area contributed by atoms with Crippen molar-refractivity contribution in [2.45, 2.75) is 395 Å². The zero-order valence-corrected chi connectivity index (χ0v) is 63.4. The van der Waals surface area contributed by atoms with Gasteiger partial charge in [-0.3, -0.25) is 37.3 Å². The summed E-state index contributed by atoms with van der Waals surface area (Å²) in [5.74, 6) is 0.907. The molecule has 0 bridgehead atoms. The molecule has 0 aliphatic rings. The molecule has 0 radical (unpaired) electrons. The third-order valence-corrected chi connectivity index (χ3v) is 19.9. The Morgan fingerprint density at radius 1 is 0.298 bits per heavy atom. The molecule has 0 fully saturated rings. The van der Waals surface area contributed by atoms with Gasteiger partial charge >= 0.3 is 39.5 Å². The van der Waals surface area contributed by atoms with E-state index in [-0.39, 0.29) is 25.7 Å². The molecule has 7 atom stereocenters. The van der Waals surface area contributed by atoms with Crippen molar-refractivity contribution in [3.8, 4) is 0 Å². The van der Waals surface area contributed by atoms with Gasteiger partial charge in [-0.2, -0.15) is 0 Å². The van der Waals surface area contributed by atoms with E-state index < -0.39 is 97.5 Å². The molecule has 0 aromatic carbocycles. The van der Waals surface area contributed by atoms with Gasteiger partial charge in [-0.15, -0.1) is 0 Å². The van der Waals surface area contributed by atoms with Crippen LogP contribution in [0, 0.1) is 23.7 Å². The Bertz CT molecular complexity index is 1850. The summed E-state index contributed by atoms with van der Waals surface area (Å²) in [5, 5.41) is 10.6. The molecule has 0 aliphatic heterocycles. The molecule has 0 saturated carbocycles. The van der Waals surface area contributed by atoms with Crippen LogP contribution in [0.4, 0.5) is 0 Å². The number of ether oxygens (including phenoxy) is 4. The van der Waals surface area contributed by atoms with Crippen LogP contribution in [0.5, 0.6) is 0 Å². The van der Waals surface area contributed by atoms with Crippen molar-refractivity contribution in [2.75, 3.05) is 39.6 Å². The third kappa shape index (κ3) is 66.0. The van der Waals surface area contributed by atoms with Crippen LogP contribution in [-0.4, -0.2) is 96.7 Å².